The average molecular weight is 451 g/mol. The van der Waals surface area contributed by atoms with Gasteiger partial charge in [0.05, 0.1) is 5.75 Å². The average Bonchev–Trinajstić information content (AvgIpc) is 2.65. The molecule has 0 atom stereocenters. The predicted molar refractivity (Wildman–Crippen MR) is 107 cm³/mol. The van der Waals surface area contributed by atoms with Crippen LogP contribution in [0.4, 0.5) is 4.79 Å². The molecule has 8 heteroatoms. The third kappa shape index (κ3) is 7.84. The van der Waals surface area contributed by atoms with Crippen LogP contribution in [0.5, 0.6) is 0 Å². The molecule has 142 valence electrons. The van der Waals surface area contributed by atoms with Crippen molar-refractivity contribution in [2.45, 2.75) is 18.4 Å². The monoisotopic (exact) mass is 450 g/mol. The van der Waals surface area contributed by atoms with E-state index in [1.165, 1.54) is 11.8 Å². The fraction of sp³-hybridized carbons (Fsp3) is 0.211. The summed E-state index contributed by atoms with van der Waals surface area (Å²) in [5.41, 5.74) is 1.95. The molecule has 2 rings (SSSR count). The van der Waals surface area contributed by atoms with Crippen LogP contribution in [0.3, 0.4) is 0 Å². The summed E-state index contributed by atoms with van der Waals surface area (Å²) in [6.07, 6.45) is 0. The summed E-state index contributed by atoms with van der Waals surface area (Å²) in [6.45, 7) is 1.74. The van der Waals surface area contributed by atoms with Gasteiger partial charge in [-0.05, 0) is 36.2 Å². The number of hydrogen-bond acceptors (Lipinski definition) is 5. The number of ether oxygens (including phenoxy) is 1. The lowest BCUT2D eigenvalue weighted by molar-refractivity contribution is -0.145. The molecule has 2 aromatic carbocycles. The number of rotatable bonds is 7. The molecule has 0 heterocycles. The van der Waals surface area contributed by atoms with E-state index in [1.807, 2.05) is 55.5 Å². The molecule has 0 spiro atoms. The predicted octanol–water partition coefficient (Wildman–Crippen LogP) is 3.42. The summed E-state index contributed by atoms with van der Waals surface area (Å²) in [7, 11) is 0. The molecular formula is C19H19BrN2O4S. The zero-order chi connectivity index (χ0) is 19.6. The van der Waals surface area contributed by atoms with Crippen molar-refractivity contribution in [1.82, 2.24) is 10.6 Å². The van der Waals surface area contributed by atoms with Gasteiger partial charge in [0.15, 0.2) is 6.61 Å². The van der Waals surface area contributed by atoms with E-state index in [0.29, 0.717) is 6.54 Å². The lowest BCUT2D eigenvalue weighted by Crippen LogP contribution is -2.41. The Hall–Kier alpha value is -2.32. The number of hydrogen-bond donors (Lipinski definition) is 2. The van der Waals surface area contributed by atoms with Gasteiger partial charge in [-0.3, -0.25) is 14.9 Å². The van der Waals surface area contributed by atoms with Crippen LogP contribution in [0.15, 0.2) is 57.9 Å². The Morgan fingerprint density at radius 3 is 2.56 bits per heavy atom. The number of carbonyl (C=O) groups is 3. The van der Waals surface area contributed by atoms with Crippen molar-refractivity contribution in [1.29, 1.82) is 0 Å². The van der Waals surface area contributed by atoms with Crippen molar-refractivity contribution in [2.75, 3.05) is 12.4 Å². The molecule has 0 saturated carbocycles. The highest BCUT2D eigenvalue weighted by molar-refractivity contribution is 9.10. The van der Waals surface area contributed by atoms with Gasteiger partial charge in [0, 0.05) is 15.9 Å². The van der Waals surface area contributed by atoms with Crippen LogP contribution in [0.2, 0.25) is 0 Å². The fourth-order valence-electron chi connectivity index (χ4n) is 2.08. The molecule has 2 aromatic rings. The van der Waals surface area contributed by atoms with E-state index >= 15 is 0 Å². The van der Waals surface area contributed by atoms with Gasteiger partial charge in [0.1, 0.15) is 0 Å². The number of carbonyl (C=O) groups excluding carboxylic acids is 3. The summed E-state index contributed by atoms with van der Waals surface area (Å²) >= 11 is 4.71. The summed E-state index contributed by atoms with van der Waals surface area (Å²) in [5, 5.41) is 4.67. The van der Waals surface area contributed by atoms with E-state index in [4.69, 9.17) is 4.74 Å². The third-order valence-electron chi connectivity index (χ3n) is 3.40. The molecule has 0 saturated heterocycles. The summed E-state index contributed by atoms with van der Waals surface area (Å²) < 4.78 is 5.86. The maximum absolute atomic E-state index is 11.8. The molecule has 6 nitrogen and oxygen atoms in total. The molecule has 0 aliphatic rings. The zero-order valence-corrected chi connectivity index (χ0v) is 17.1. The second kappa shape index (κ2) is 10.7. The lowest BCUT2D eigenvalue weighted by Gasteiger charge is -2.08. The molecule has 0 unspecified atom stereocenters. The third-order valence-corrected chi connectivity index (χ3v) is 5.04. The number of thioether (sulfide) groups is 1. The minimum Gasteiger partial charge on any atom is -0.455 e. The zero-order valence-electron chi connectivity index (χ0n) is 14.7. The van der Waals surface area contributed by atoms with E-state index < -0.39 is 24.5 Å². The molecule has 0 bridgehead atoms. The van der Waals surface area contributed by atoms with Crippen LogP contribution in [-0.2, 0) is 20.9 Å². The Bertz CT molecular complexity index is 815. The molecule has 0 radical (unpaired) electrons. The van der Waals surface area contributed by atoms with Gasteiger partial charge in [0.25, 0.3) is 5.91 Å². The van der Waals surface area contributed by atoms with E-state index in [-0.39, 0.29) is 5.75 Å². The maximum Gasteiger partial charge on any atom is 0.321 e. The number of imide groups is 1. The van der Waals surface area contributed by atoms with Gasteiger partial charge in [0.2, 0.25) is 0 Å². The first-order chi connectivity index (χ1) is 12.9. The van der Waals surface area contributed by atoms with E-state index in [1.54, 1.807) is 0 Å². The van der Waals surface area contributed by atoms with E-state index in [2.05, 4.69) is 26.6 Å². The summed E-state index contributed by atoms with van der Waals surface area (Å²) in [5.74, 6) is -1.13. The van der Waals surface area contributed by atoms with Crippen molar-refractivity contribution < 1.29 is 19.1 Å². The van der Waals surface area contributed by atoms with E-state index in [9.17, 15) is 14.4 Å². The molecule has 0 aromatic heterocycles. The Morgan fingerprint density at radius 1 is 1.11 bits per heavy atom. The first kappa shape index (κ1) is 21.0. The van der Waals surface area contributed by atoms with Gasteiger partial charge in [-0.1, -0.05) is 46.3 Å². The van der Waals surface area contributed by atoms with Crippen molar-refractivity contribution in [3.8, 4) is 0 Å². The normalized spacial score (nSPS) is 10.1. The Balaban J connectivity index is 1.65. The second-order valence-electron chi connectivity index (χ2n) is 5.58. The van der Waals surface area contributed by atoms with Gasteiger partial charge >= 0.3 is 12.0 Å². The summed E-state index contributed by atoms with van der Waals surface area (Å²) in [6, 6.07) is 14.4. The maximum atomic E-state index is 11.8. The molecule has 0 aliphatic carbocycles. The smallest absolute Gasteiger partial charge is 0.321 e. The quantitative estimate of drug-likeness (QED) is 0.498. The number of nitrogens with one attached hydrogen (secondary N) is 2. The van der Waals surface area contributed by atoms with E-state index in [0.717, 1.165) is 20.5 Å². The molecule has 27 heavy (non-hydrogen) atoms. The highest BCUT2D eigenvalue weighted by Crippen LogP contribution is 2.25. The Morgan fingerprint density at radius 2 is 1.85 bits per heavy atom. The topological polar surface area (TPSA) is 84.5 Å². The van der Waals surface area contributed by atoms with Crippen LogP contribution in [0.25, 0.3) is 0 Å². The van der Waals surface area contributed by atoms with Crippen molar-refractivity contribution >= 4 is 45.6 Å². The Labute approximate surface area is 170 Å². The number of aryl methyl sites for hydroxylation is 1. The molecule has 2 N–H and O–H groups in total. The second-order valence-corrected chi connectivity index (χ2v) is 7.51. The highest BCUT2D eigenvalue weighted by Gasteiger charge is 2.12. The largest absolute Gasteiger partial charge is 0.455 e. The number of benzene rings is 2. The van der Waals surface area contributed by atoms with Crippen molar-refractivity contribution in [3.63, 3.8) is 0 Å². The lowest BCUT2D eigenvalue weighted by atomic mass is 10.2. The number of esters is 1. The van der Waals surface area contributed by atoms with Crippen LogP contribution in [0, 0.1) is 6.92 Å². The Kier molecular flexibility index (Phi) is 8.35. The van der Waals surface area contributed by atoms with Gasteiger partial charge in [-0.15, -0.1) is 11.8 Å². The molecule has 0 aliphatic heterocycles. The van der Waals surface area contributed by atoms with Crippen LogP contribution < -0.4 is 10.6 Å². The number of amides is 3. The number of halogens is 1. The van der Waals surface area contributed by atoms with Gasteiger partial charge in [-0.2, -0.15) is 0 Å². The van der Waals surface area contributed by atoms with Crippen molar-refractivity contribution in [2.24, 2.45) is 0 Å². The van der Waals surface area contributed by atoms with Gasteiger partial charge in [-0.25, -0.2) is 4.79 Å². The first-order valence-electron chi connectivity index (χ1n) is 8.10. The fourth-order valence-corrected chi connectivity index (χ4v) is 3.37. The summed E-state index contributed by atoms with van der Waals surface area (Å²) in [4.78, 5) is 36.1. The SMILES string of the molecule is Cc1cc(Br)ccc1SCC(=O)OCC(=O)NC(=O)NCc1ccccc1. The van der Waals surface area contributed by atoms with Crippen LogP contribution >= 0.6 is 27.7 Å². The molecule has 0 fully saturated rings. The van der Waals surface area contributed by atoms with Crippen LogP contribution in [0.1, 0.15) is 11.1 Å². The molecular weight excluding hydrogens is 432 g/mol. The van der Waals surface area contributed by atoms with Crippen LogP contribution in [-0.4, -0.2) is 30.3 Å². The van der Waals surface area contributed by atoms with Crippen molar-refractivity contribution in [3.05, 3.63) is 64.1 Å². The minimum absolute atomic E-state index is 0.0793. The van der Waals surface area contributed by atoms with Gasteiger partial charge < -0.3 is 10.1 Å². The molecule has 3 amide bonds. The highest BCUT2D eigenvalue weighted by atomic mass is 79.9. The first-order valence-corrected chi connectivity index (χ1v) is 9.88. The number of urea groups is 1. The standard InChI is InChI=1S/C19H19BrN2O4S/c1-13-9-15(20)7-8-16(13)27-12-18(24)26-11-17(23)22-19(25)21-10-14-5-3-2-4-6-14/h2-9H,10-12H2,1H3,(H2,21,22,23,25). The minimum atomic E-state index is -0.682.